The highest BCUT2D eigenvalue weighted by atomic mass is 19.1. The fourth-order valence-corrected chi connectivity index (χ4v) is 2.52. The Morgan fingerprint density at radius 3 is 2.20 bits per heavy atom. The Morgan fingerprint density at radius 2 is 1.68 bits per heavy atom. The summed E-state index contributed by atoms with van der Waals surface area (Å²) in [5.41, 5.74) is 7.31. The first kappa shape index (κ1) is 18.5. The molecule has 1 atom stereocenters. The lowest BCUT2D eigenvalue weighted by atomic mass is 10.1. The zero-order valence-electron chi connectivity index (χ0n) is 14.6. The standard InChI is InChI=1S/C18H21FN4O2/c1-9(2)15-14(19)6-13(8-21-15)18(25)23-11(4)16-10(3)5-12(7-22-16)17(20)24/h5-9,11H,1-4H3,(H2,20,24)(H,23,25)/t11-/m1/s1. The molecule has 0 fully saturated rings. The lowest BCUT2D eigenvalue weighted by Gasteiger charge is -2.16. The van der Waals surface area contributed by atoms with Crippen LogP contribution in [0, 0.1) is 12.7 Å². The van der Waals surface area contributed by atoms with Crippen LogP contribution in [0.25, 0.3) is 0 Å². The van der Waals surface area contributed by atoms with E-state index in [1.807, 2.05) is 13.8 Å². The SMILES string of the molecule is Cc1cc(C(N)=O)cnc1[C@@H](C)NC(=O)c1cnc(C(C)C)c(F)c1. The van der Waals surface area contributed by atoms with Crippen molar-refractivity contribution in [3.8, 4) is 0 Å². The van der Waals surface area contributed by atoms with Crippen molar-refractivity contribution in [1.29, 1.82) is 0 Å². The van der Waals surface area contributed by atoms with Crippen molar-refractivity contribution in [3.63, 3.8) is 0 Å². The number of carbonyl (C=O) groups excluding carboxylic acids is 2. The van der Waals surface area contributed by atoms with Crippen LogP contribution in [0.5, 0.6) is 0 Å². The molecule has 132 valence electrons. The van der Waals surface area contributed by atoms with Crippen molar-refractivity contribution < 1.29 is 14.0 Å². The molecule has 0 aromatic carbocycles. The van der Waals surface area contributed by atoms with Crippen LogP contribution >= 0.6 is 0 Å². The van der Waals surface area contributed by atoms with Crippen LogP contribution in [0.3, 0.4) is 0 Å². The summed E-state index contributed by atoms with van der Waals surface area (Å²) in [6, 6.07) is 2.37. The van der Waals surface area contributed by atoms with Crippen LogP contribution in [-0.2, 0) is 0 Å². The van der Waals surface area contributed by atoms with Gasteiger partial charge < -0.3 is 11.1 Å². The van der Waals surface area contributed by atoms with Crippen LogP contribution < -0.4 is 11.1 Å². The quantitative estimate of drug-likeness (QED) is 0.871. The number of halogens is 1. The summed E-state index contributed by atoms with van der Waals surface area (Å²) in [7, 11) is 0. The van der Waals surface area contributed by atoms with E-state index >= 15 is 0 Å². The molecule has 2 amide bonds. The summed E-state index contributed by atoms with van der Waals surface area (Å²) in [6.45, 7) is 7.19. The second-order valence-corrected chi connectivity index (χ2v) is 6.23. The zero-order valence-corrected chi connectivity index (χ0v) is 14.6. The van der Waals surface area contributed by atoms with Crippen molar-refractivity contribution in [3.05, 3.63) is 58.4 Å². The number of amides is 2. The number of hydrogen-bond donors (Lipinski definition) is 2. The van der Waals surface area contributed by atoms with Crippen molar-refractivity contribution in [1.82, 2.24) is 15.3 Å². The first-order valence-electron chi connectivity index (χ1n) is 7.93. The fraction of sp³-hybridized carbons (Fsp3) is 0.333. The molecule has 0 aliphatic rings. The van der Waals surface area contributed by atoms with Gasteiger partial charge in [0.2, 0.25) is 5.91 Å². The van der Waals surface area contributed by atoms with Gasteiger partial charge in [0.15, 0.2) is 0 Å². The smallest absolute Gasteiger partial charge is 0.253 e. The third kappa shape index (κ3) is 4.17. The normalized spacial score (nSPS) is 12.1. The molecule has 2 aromatic rings. The Morgan fingerprint density at radius 1 is 1.08 bits per heavy atom. The first-order valence-corrected chi connectivity index (χ1v) is 7.93. The van der Waals surface area contributed by atoms with Crippen LogP contribution in [-0.4, -0.2) is 21.8 Å². The van der Waals surface area contributed by atoms with Gasteiger partial charge in [0.1, 0.15) is 5.82 Å². The maximum absolute atomic E-state index is 14.0. The van der Waals surface area contributed by atoms with Gasteiger partial charge in [0, 0.05) is 12.4 Å². The number of pyridine rings is 2. The third-order valence-corrected chi connectivity index (χ3v) is 3.84. The number of nitrogens with two attached hydrogens (primary N) is 1. The summed E-state index contributed by atoms with van der Waals surface area (Å²) in [5, 5.41) is 2.75. The molecule has 6 nitrogen and oxygen atoms in total. The minimum Gasteiger partial charge on any atom is -0.366 e. The second-order valence-electron chi connectivity index (χ2n) is 6.23. The molecule has 0 aliphatic carbocycles. The lowest BCUT2D eigenvalue weighted by molar-refractivity contribution is 0.0936. The van der Waals surface area contributed by atoms with Gasteiger partial charge in [0.05, 0.1) is 28.6 Å². The molecule has 2 rings (SSSR count). The number of hydrogen-bond acceptors (Lipinski definition) is 4. The third-order valence-electron chi connectivity index (χ3n) is 3.84. The minimum absolute atomic E-state index is 0.0633. The van der Waals surface area contributed by atoms with E-state index in [-0.39, 0.29) is 11.5 Å². The van der Waals surface area contributed by atoms with E-state index in [9.17, 15) is 14.0 Å². The number of rotatable bonds is 5. The van der Waals surface area contributed by atoms with Crippen LogP contribution in [0.1, 0.15) is 70.4 Å². The van der Waals surface area contributed by atoms with E-state index in [2.05, 4.69) is 15.3 Å². The van der Waals surface area contributed by atoms with Gasteiger partial charge in [-0.1, -0.05) is 13.8 Å². The molecule has 0 aliphatic heterocycles. The predicted molar refractivity (Wildman–Crippen MR) is 91.7 cm³/mol. The maximum atomic E-state index is 14.0. The van der Waals surface area contributed by atoms with Crippen LogP contribution in [0.2, 0.25) is 0 Å². The van der Waals surface area contributed by atoms with Gasteiger partial charge >= 0.3 is 0 Å². The largest absolute Gasteiger partial charge is 0.366 e. The number of carbonyl (C=O) groups is 2. The van der Waals surface area contributed by atoms with E-state index in [1.165, 1.54) is 18.5 Å². The molecule has 0 bridgehead atoms. The summed E-state index contributed by atoms with van der Waals surface area (Å²) in [5.74, 6) is -1.58. The van der Waals surface area contributed by atoms with Crippen LogP contribution in [0.15, 0.2) is 24.5 Å². The highest BCUT2D eigenvalue weighted by molar-refractivity contribution is 5.94. The van der Waals surface area contributed by atoms with E-state index in [0.29, 0.717) is 17.0 Å². The van der Waals surface area contributed by atoms with Crippen molar-refractivity contribution in [2.75, 3.05) is 0 Å². The van der Waals surface area contributed by atoms with Gasteiger partial charge in [-0.3, -0.25) is 19.6 Å². The van der Waals surface area contributed by atoms with Crippen molar-refractivity contribution in [2.24, 2.45) is 5.73 Å². The summed E-state index contributed by atoms with van der Waals surface area (Å²) in [6.07, 6.45) is 2.73. The fourth-order valence-electron chi connectivity index (χ4n) is 2.52. The molecular formula is C18H21FN4O2. The van der Waals surface area contributed by atoms with Gasteiger partial charge in [-0.2, -0.15) is 0 Å². The lowest BCUT2D eigenvalue weighted by Crippen LogP contribution is -2.28. The average Bonchev–Trinajstić information content (AvgIpc) is 2.53. The van der Waals surface area contributed by atoms with E-state index in [4.69, 9.17) is 5.73 Å². The predicted octanol–water partition coefficient (Wildman–Crippen LogP) is 2.64. The molecule has 3 N–H and O–H groups in total. The zero-order chi connectivity index (χ0) is 18.7. The molecular weight excluding hydrogens is 323 g/mol. The van der Waals surface area contributed by atoms with E-state index < -0.39 is 23.7 Å². The minimum atomic E-state index is -0.564. The Balaban J connectivity index is 2.17. The molecule has 25 heavy (non-hydrogen) atoms. The Kier molecular flexibility index (Phi) is 5.46. The van der Waals surface area contributed by atoms with Crippen molar-refractivity contribution >= 4 is 11.8 Å². The summed E-state index contributed by atoms with van der Waals surface area (Å²) >= 11 is 0. The maximum Gasteiger partial charge on any atom is 0.253 e. The van der Waals surface area contributed by atoms with Gasteiger partial charge in [-0.25, -0.2) is 4.39 Å². The monoisotopic (exact) mass is 344 g/mol. The van der Waals surface area contributed by atoms with E-state index in [1.54, 1.807) is 19.9 Å². The molecule has 0 saturated carbocycles. The molecule has 0 radical (unpaired) electrons. The Bertz CT molecular complexity index is 821. The topological polar surface area (TPSA) is 98.0 Å². The first-order chi connectivity index (χ1) is 11.7. The number of nitrogens with zero attached hydrogens (tertiary/aromatic N) is 2. The van der Waals surface area contributed by atoms with Gasteiger partial charge in [-0.15, -0.1) is 0 Å². The highest BCUT2D eigenvalue weighted by Crippen LogP contribution is 2.19. The molecule has 7 heteroatoms. The van der Waals surface area contributed by atoms with Gasteiger partial charge in [-0.05, 0) is 37.5 Å². The average molecular weight is 344 g/mol. The molecule has 0 spiro atoms. The van der Waals surface area contributed by atoms with Crippen LogP contribution in [0.4, 0.5) is 4.39 Å². The van der Waals surface area contributed by atoms with E-state index in [0.717, 1.165) is 5.56 Å². The number of primary amides is 1. The molecule has 2 heterocycles. The second kappa shape index (κ2) is 7.38. The van der Waals surface area contributed by atoms with Gasteiger partial charge in [0.25, 0.3) is 5.91 Å². The molecule has 0 saturated heterocycles. The summed E-state index contributed by atoms with van der Waals surface area (Å²) < 4.78 is 14.0. The molecule has 0 unspecified atom stereocenters. The highest BCUT2D eigenvalue weighted by Gasteiger charge is 2.18. The Labute approximate surface area is 145 Å². The van der Waals surface area contributed by atoms with Crippen molar-refractivity contribution in [2.45, 2.75) is 39.7 Å². The number of nitrogens with one attached hydrogen (secondary N) is 1. The summed E-state index contributed by atoms with van der Waals surface area (Å²) in [4.78, 5) is 31.7. The molecule has 2 aromatic heterocycles. The number of aromatic nitrogens is 2. The number of aryl methyl sites for hydroxylation is 1. The Hall–Kier alpha value is -2.83.